The summed E-state index contributed by atoms with van der Waals surface area (Å²) in [4.78, 5) is 26.7. The molecule has 1 N–H and O–H groups in total. The Balaban J connectivity index is 1.57. The van der Waals surface area contributed by atoms with Gasteiger partial charge in [0.05, 0.1) is 16.3 Å². The smallest absolute Gasteiger partial charge is 0.261 e. The van der Waals surface area contributed by atoms with E-state index in [1.807, 2.05) is 13.0 Å². The van der Waals surface area contributed by atoms with Crippen LogP contribution in [0.25, 0.3) is 0 Å². The first-order valence-corrected chi connectivity index (χ1v) is 11.3. The van der Waals surface area contributed by atoms with E-state index in [0.717, 1.165) is 5.56 Å². The third-order valence-electron chi connectivity index (χ3n) is 4.70. The Hall–Kier alpha value is -2.23. The second-order valence-electron chi connectivity index (χ2n) is 6.71. The molecule has 0 atom stereocenters. The molecule has 9 heteroatoms. The van der Waals surface area contributed by atoms with Crippen LogP contribution in [0.1, 0.15) is 20.8 Å². The van der Waals surface area contributed by atoms with Crippen molar-refractivity contribution < 1.29 is 18.0 Å². The van der Waals surface area contributed by atoms with E-state index in [0.29, 0.717) is 28.4 Å². The molecule has 3 rings (SSSR count). The van der Waals surface area contributed by atoms with Crippen molar-refractivity contribution in [2.24, 2.45) is 0 Å². The Bertz CT molecular complexity index is 963. The lowest BCUT2D eigenvalue weighted by Gasteiger charge is -2.34. The van der Waals surface area contributed by atoms with Gasteiger partial charge in [-0.15, -0.1) is 11.3 Å². The minimum Gasteiger partial charge on any atom is -0.342 e. The Morgan fingerprint density at radius 2 is 1.82 bits per heavy atom. The van der Waals surface area contributed by atoms with Gasteiger partial charge in [0.2, 0.25) is 15.9 Å². The van der Waals surface area contributed by atoms with Crippen molar-refractivity contribution in [3.05, 3.63) is 51.7 Å². The first-order valence-electron chi connectivity index (χ1n) is 8.96. The number of thiophene rings is 1. The fourth-order valence-electron chi connectivity index (χ4n) is 3.06. The molecule has 1 aliphatic heterocycles. The first kappa shape index (κ1) is 20.5. The van der Waals surface area contributed by atoms with Gasteiger partial charge in [0.15, 0.2) is 0 Å². The number of nitrogens with one attached hydrogen (secondary N) is 1. The van der Waals surface area contributed by atoms with Crippen LogP contribution in [-0.4, -0.2) is 62.2 Å². The Morgan fingerprint density at radius 3 is 2.46 bits per heavy atom. The topological polar surface area (TPSA) is 86.8 Å². The third-order valence-corrected chi connectivity index (χ3v) is 7.61. The molecular weight excluding hydrogens is 398 g/mol. The van der Waals surface area contributed by atoms with Gasteiger partial charge in [-0.1, -0.05) is 18.2 Å². The van der Waals surface area contributed by atoms with E-state index in [9.17, 15) is 18.0 Å². The van der Waals surface area contributed by atoms with E-state index in [-0.39, 0.29) is 31.4 Å². The van der Waals surface area contributed by atoms with Gasteiger partial charge in [0, 0.05) is 26.2 Å². The van der Waals surface area contributed by atoms with Gasteiger partial charge in [-0.3, -0.25) is 9.59 Å². The van der Waals surface area contributed by atoms with Crippen molar-refractivity contribution in [3.8, 4) is 0 Å². The molecule has 2 amide bonds. The molecule has 2 aromatic rings. The van der Waals surface area contributed by atoms with Gasteiger partial charge in [0.1, 0.15) is 0 Å². The van der Waals surface area contributed by atoms with Crippen LogP contribution in [0.5, 0.6) is 0 Å². The molecule has 0 aliphatic carbocycles. The fraction of sp³-hybridized carbons (Fsp3) is 0.368. The largest absolute Gasteiger partial charge is 0.342 e. The van der Waals surface area contributed by atoms with Crippen molar-refractivity contribution >= 4 is 33.2 Å². The summed E-state index contributed by atoms with van der Waals surface area (Å²) in [5, 5.41) is 4.41. The van der Waals surface area contributed by atoms with E-state index < -0.39 is 10.0 Å². The summed E-state index contributed by atoms with van der Waals surface area (Å²) in [6, 6.07) is 8.84. The molecule has 0 spiro atoms. The quantitative estimate of drug-likeness (QED) is 0.795. The van der Waals surface area contributed by atoms with E-state index in [2.05, 4.69) is 5.32 Å². The zero-order valence-corrected chi connectivity index (χ0v) is 17.5. The zero-order chi connectivity index (χ0) is 20.3. The number of amides is 2. The number of sulfonamides is 1. The van der Waals surface area contributed by atoms with E-state index in [1.165, 1.54) is 15.6 Å². The molecule has 28 heavy (non-hydrogen) atoms. The van der Waals surface area contributed by atoms with E-state index in [1.54, 1.807) is 41.5 Å². The maximum atomic E-state index is 12.9. The Labute approximate surface area is 169 Å². The van der Waals surface area contributed by atoms with Crippen LogP contribution in [0, 0.1) is 13.8 Å². The van der Waals surface area contributed by atoms with E-state index in [4.69, 9.17) is 0 Å². The minimum atomic E-state index is -3.59. The van der Waals surface area contributed by atoms with Gasteiger partial charge in [-0.05, 0) is 42.5 Å². The van der Waals surface area contributed by atoms with Crippen molar-refractivity contribution in [3.63, 3.8) is 0 Å². The number of nitrogens with zero attached hydrogens (tertiary/aromatic N) is 2. The molecule has 1 aliphatic rings. The molecule has 0 unspecified atom stereocenters. The zero-order valence-electron chi connectivity index (χ0n) is 15.8. The summed E-state index contributed by atoms with van der Waals surface area (Å²) in [5.74, 6) is -0.492. The molecule has 1 fully saturated rings. The summed E-state index contributed by atoms with van der Waals surface area (Å²) in [6.07, 6.45) is 0. The molecule has 1 aromatic heterocycles. The standard InChI is InChI=1S/C19H23N3O4S2/c1-14-5-6-15(2)17(12-14)28(25,26)22-9-7-21(8-10-22)18(23)13-20-19(24)16-4-3-11-27-16/h3-6,11-12H,7-10,13H2,1-2H3,(H,20,24). The van der Waals surface area contributed by atoms with Crippen molar-refractivity contribution in [2.45, 2.75) is 18.7 Å². The van der Waals surface area contributed by atoms with Crippen molar-refractivity contribution in [2.75, 3.05) is 32.7 Å². The lowest BCUT2D eigenvalue weighted by molar-refractivity contribution is -0.131. The van der Waals surface area contributed by atoms with Gasteiger partial charge in [-0.2, -0.15) is 4.31 Å². The number of hydrogen-bond acceptors (Lipinski definition) is 5. The predicted octanol–water partition coefficient (Wildman–Crippen LogP) is 1.63. The summed E-state index contributed by atoms with van der Waals surface area (Å²) >= 11 is 1.31. The highest BCUT2D eigenvalue weighted by molar-refractivity contribution is 7.89. The normalized spacial score (nSPS) is 15.4. The predicted molar refractivity (Wildman–Crippen MR) is 108 cm³/mol. The monoisotopic (exact) mass is 421 g/mol. The number of carbonyl (C=O) groups excluding carboxylic acids is 2. The van der Waals surface area contributed by atoms with Crippen LogP contribution in [0.2, 0.25) is 0 Å². The summed E-state index contributed by atoms with van der Waals surface area (Å²) < 4.78 is 27.3. The lowest BCUT2D eigenvalue weighted by Crippen LogP contribution is -2.52. The molecule has 1 saturated heterocycles. The van der Waals surface area contributed by atoms with Crippen molar-refractivity contribution in [1.29, 1.82) is 0 Å². The average molecular weight is 422 g/mol. The molecule has 7 nitrogen and oxygen atoms in total. The summed E-state index contributed by atoms with van der Waals surface area (Å²) in [6.45, 7) is 4.62. The number of piperazine rings is 1. The second-order valence-corrected chi connectivity index (χ2v) is 9.57. The SMILES string of the molecule is Cc1ccc(C)c(S(=O)(=O)N2CCN(C(=O)CNC(=O)c3cccs3)CC2)c1. The summed E-state index contributed by atoms with van der Waals surface area (Å²) in [5.41, 5.74) is 1.60. The number of rotatable bonds is 5. The highest BCUT2D eigenvalue weighted by Crippen LogP contribution is 2.22. The first-order chi connectivity index (χ1) is 13.3. The minimum absolute atomic E-state index is 0.0968. The van der Waals surface area contributed by atoms with Gasteiger partial charge in [-0.25, -0.2) is 8.42 Å². The Kier molecular flexibility index (Phi) is 6.17. The molecule has 150 valence electrons. The van der Waals surface area contributed by atoms with Gasteiger partial charge >= 0.3 is 0 Å². The fourth-order valence-corrected chi connectivity index (χ4v) is 5.44. The molecular formula is C19H23N3O4S2. The van der Waals surface area contributed by atoms with Crippen LogP contribution < -0.4 is 5.32 Å². The molecule has 0 bridgehead atoms. The van der Waals surface area contributed by atoms with Crippen LogP contribution >= 0.6 is 11.3 Å². The lowest BCUT2D eigenvalue weighted by atomic mass is 10.2. The molecule has 2 heterocycles. The Morgan fingerprint density at radius 1 is 1.11 bits per heavy atom. The maximum absolute atomic E-state index is 12.9. The maximum Gasteiger partial charge on any atom is 0.261 e. The van der Waals surface area contributed by atoms with E-state index >= 15 is 0 Å². The van der Waals surface area contributed by atoms with Crippen molar-refractivity contribution in [1.82, 2.24) is 14.5 Å². The number of benzene rings is 1. The molecule has 0 radical (unpaired) electrons. The highest BCUT2D eigenvalue weighted by Gasteiger charge is 2.31. The average Bonchev–Trinajstić information content (AvgIpc) is 3.22. The number of carbonyl (C=O) groups is 2. The number of hydrogen-bond donors (Lipinski definition) is 1. The van der Waals surface area contributed by atoms with Gasteiger partial charge < -0.3 is 10.2 Å². The molecule has 1 aromatic carbocycles. The van der Waals surface area contributed by atoms with Crippen LogP contribution in [0.15, 0.2) is 40.6 Å². The van der Waals surface area contributed by atoms with Crippen LogP contribution in [0.3, 0.4) is 0 Å². The van der Waals surface area contributed by atoms with Gasteiger partial charge in [0.25, 0.3) is 5.91 Å². The summed E-state index contributed by atoms with van der Waals surface area (Å²) in [7, 11) is -3.59. The second kappa shape index (κ2) is 8.42. The molecule has 0 saturated carbocycles. The number of aryl methyl sites for hydroxylation is 2. The third kappa shape index (κ3) is 4.43. The highest BCUT2D eigenvalue weighted by atomic mass is 32.2. The van der Waals surface area contributed by atoms with Crippen LogP contribution in [-0.2, 0) is 14.8 Å². The van der Waals surface area contributed by atoms with Crippen LogP contribution in [0.4, 0.5) is 0 Å².